The molecule has 3 atom stereocenters. The fourth-order valence-corrected chi connectivity index (χ4v) is 5.68. The van der Waals surface area contributed by atoms with E-state index in [2.05, 4.69) is 11.4 Å². The molecule has 5 nitrogen and oxygen atoms in total. The summed E-state index contributed by atoms with van der Waals surface area (Å²) in [7, 11) is 0. The monoisotopic (exact) mass is 414 g/mol. The van der Waals surface area contributed by atoms with Crippen LogP contribution >= 0.6 is 11.8 Å². The van der Waals surface area contributed by atoms with Crippen LogP contribution in [0, 0.1) is 11.8 Å². The second-order valence-corrected chi connectivity index (χ2v) is 9.47. The zero-order valence-electron chi connectivity index (χ0n) is 17.1. The third-order valence-electron chi connectivity index (χ3n) is 6.74. The number of carbonyl (C=O) groups is 3. The highest BCUT2D eigenvalue weighted by molar-refractivity contribution is 7.98. The van der Waals surface area contributed by atoms with Gasteiger partial charge in [-0.2, -0.15) is 11.8 Å². The summed E-state index contributed by atoms with van der Waals surface area (Å²) in [5.41, 5.74) is 3.36. The van der Waals surface area contributed by atoms with Gasteiger partial charge in [0.25, 0.3) is 0 Å². The maximum Gasteiger partial charge on any atom is 0.247 e. The van der Waals surface area contributed by atoms with Crippen molar-refractivity contribution < 1.29 is 14.4 Å². The zero-order chi connectivity index (χ0) is 20.4. The summed E-state index contributed by atoms with van der Waals surface area (Å²) >= 11 is 1.63. The molecule has 3 unspecified atom stereocenters. The van der Waals surface area contributed by atoms with Crippen molar-refractivity contribution >= 4 is 35.2 Å². The van der Waals surface area contributed by atoms with Gasteiger partial charge in [0.05, 0.1) is 11.8 Å². The number of nitrogens with zero attached hydrogens (tertiary/aromatic N) is 1. The molecule has 1 heterocycles. The molecule has 2 fully saturated rings. The fourth-order valence-electron chi connectivity index (χ4n) is 5.22. The van der Waals surface area contributed by atoms with Gasteiger partial charge in [-0.25, -0.2) is 0 Å². The van der Waals surface area contributed by atoms with Crippen LogP contribution in [0.3, 0.4) is 0 Å². The number of likely N-dealkylation sites (tertiary alicyclic amines) is 1. The SMILES string of the molecule is CSCCC(C(=O)Nc1cccc2c1CCCC2)N1C(=O)C2CCCCC2C1=O. The number of amides is 3. The van der Waals surface area contributed by atoms with Gasteiger partial charge in [-0.05, 0) is 74.1 Å². The molecule has 156 valence electrons. The second kappa shape index (κ2) is 8.90. The molecule has 0 spiro atoms. The Labute approximate surface area is 177 Å². The van der Waals surface area contributed by atoms with Crippen molar-refractivity contribution in [1.82, 2.24) is 4.90 Å². The van der Waals surface area contributed by atoms with Crippen molar-refractivity contribution in [3.8, 4) is 0 Å². The average molecular weight is 415 g/mol. The van der Waals surface area contributed by atoms with Crippen LogP contribution in [-0.2, 0) is 27.2 Å². The van der Waals surface area contributed by atoms with Crippen LogP contribution in [0.5, 0.6) is 0 Å². The summed E-state index contributed by atoms with van der Waals surface area (Å²) in [5.74, 6) is -0.182. The van der Waals surface area contributed by atoms with Crippen molar-refractivity contribution in [2.24, 2.45) is 11.8 Å². The molecule has 1 aromatic carbocycles. The molecule has 1 saturated heterocycles. The maximum absolute atomic E-state index is 13.3. The number of aryl methyl sites for hydroxylation is 1. The molecule has 3 aliphatic rings. The summed E-state index contributed by atoms with van der Waals surface area (Å²) < 4.78 is 0. The minimum atomic E-state index is -0.715. The number of benzene rings is 1. The maximum atomic E-state index is 13.3. The van der Waals surface area contributed by atoms with E-state index in [4.69, 9.17) is 0 Å². The van der Waals surface area contributed by atoms with Crippen LogP contribution in [0.1, 0.15) is 56.1 Å². The zero-order valence-corrected chi connectivity index (χ0v) is 17.9. The van der Waals surface area contributed by atoms with Crippen molar-refractivity contribution in [2.45, 2.75) is 63.8 Å². The molecular weight excluding hydrogens is 384 g/mol. The molecule has 1 N–H and O–H groups in total. The molecule has 1 saturated carbocycles. The Kier molecular flexibility index (Phi) is 6.28. The normalized spacial score (nSPS) is 24.8. The van der Waals surface area contributed by atoms with E-state index in [1.165, 1.54) is 22.4 Å². The third-order valence-corrected chi connectivity index (χ3v) is 7.38. The Balaban J connectivity index is 1.58. The van der Waals surface area contributed by atoms with Crippen molar-refractivity contribution in [3.63, 3.8) is 0 Å². The van der Waals surface area contributed by atoms with Gasteiger partial charge in [-0.15, -0.1) is 0 Å². The van der Waals surface area contributed by atoms with Crippen LogP contribution in [0.25, 0.3) is 0 Å². The Morgan fingerprint density at radius 1 is 1.10 bits per heavy atom. The lowest BCUT2D eigenvalue weighted by Gasteiger charge is -2.27. The van der Waals surface area contributed by atoms with Gasteiger partial charge in [0.1, 0.15) is 6.04 Å². The van der Waals surface area contributed by atoms with Crippen LogP contribution in [0.2, 0.25) is 0 Å². The van der Waals surface area contributed by atoms with Crippen LogP contribution < -0.4 is 5.32 Å². The molecular formula is C23H30N2O3S. The smallest absolute Gasteiger partial charge is 0.247 e. The third kappa shape index (κ3) is 3.96. The molecule has 1 aromatic rings. The first-order valence-electron chi connectivity index (χ1n) is 10.9. The van der Waals surface area contributed by atoms with Gasteiger partial charge < -0.3 is 5.32 Å². The molecule has 0 bridgehead atoms. The molecule has 1 aliphatic heterocycles. The van der Waals surface area contributed by atoms with Crippen LogP contribution in [-0.4, -0.2) is 40.7 Å². The number of rotatable bonds is 6. The van der Waals surface area contributed by atoms with Gasteiger partial charge >= 0.3 is 0 Å². The molecule has 0 radical (unpaired) electrons. The quantitative estimate of drug-likeness (QED) is 0.719. The van der Waals surface area contributed by atoms with E-state index in [0.717, 1.165) is 56.4 Å². The van der Waals surface area contributed by atoms with E-state index < -0.39 is 6.04 Å². The average Bonchev–Trinajstić information content (AvgIpc) is 3.00. The van der Waals surface area contributed by atoms with Gasteiger partial charge in [0.2, 0.25) is 17.7 Å². The van der Waals surface area contributed by atoms with Gasteiger partial charge in [0, 0.05) is 5.69 Å². The molecule has 6 heteroatoms. The Morgan fingerprint density at radius 2 is 1.79 bits per heavy atom. The topological polar surface area (TPSA) is 66.5 Å². The summed E-state index contributed by atoms with van der Waals surface area (Å²) in [6.07, 6.45) is 10.3. The number of hydrogen-bond donors (Lipinski definition) is 1. The van der Waals surface area contributed by atoms with Crippen LogP contribution in [0.4, 0.5) is 5.69 Å². The highest BCUT2D eigenvalue weighted by atomic mass is 32.2. The Morgan fingerprint density at radius 3 is 2.48 bits per heavy atom. The highest BCUT2D eigenvalue weighted by Gasteiger charge is 2.51. The lowest BCUT2D eigenvalue weighted by Crippen LogP contribution is -2.48. The second-order valence-electron chi connectivity index (χ2n) is 8.48. The highest BCUT2D eigenvalue weighted by Crippen LogP contribution is 2.39. The van der Waals surface area contributed by atoms with Crippen molar-refractivity contribution in [2.75, 3.05) is 17.3 Å². The number of fused-ring (bicyclic) bond motifs is 2. The minimum absolute atomic E-state index is 0.129. The number of carbonyl (C=O) groups excluding carboxylic acids is 3. The first-order chi connectivity index (χ1) is 14.1. The van der Waals surface area contributed by atoms with E-state index in [-0.39, 0.29) is 29.6 Å². The van der Waals surface area contributed by atoms with Gasteiger partial charge in [0.15, 0.2) is 0 Å². The number of imide groups is 1. The van der Waals surface area contributed by atoms with E-state index >= 15 is 0 Å². The molecule has 0 aromatic heterocycles. The molecule has 4 rings (SSSR count). The number of thioether (sulfide) groups is 1. The fraction of sp³-hybridized carbons (Fsp3) is 0.609. The van der Waals surface area contributed by atoms with Gasteiger partial charge in [-0.3, -0.25) is 19.3 Å². The van der Waals surface area contributed by atoms with Crippen molar-refractivity contribution in [3.05, 3.63) is 29.3 Å². The van der Waals surface area contributed by atoms with Crippen LogP contribution in [0.15, 0.2) is 18.2 Å². The van der Waals surface area contributed by atoms with E-state index in [1.807, 2.05) is 18.4 Å². The van der Waals surface area contributed by atoms with E-state index in [0.29, 0.717) is 6.42 Å². The standard InChI is InChI=1S/C23H30N2O3S/c1-29-14-13-20(25-22(27)17-10-4-5-11-18(17)23(25)28)21(26)24-19-12-6-8-15-7-2-3-9-16(15)19/h6,8,12,17-18,20H,2-5,7,9-11,13-14H2,1H3,(H,24,26). The number of anilines is 1. The predicted octanol–water partition coefficient (Wildman–Crippen LogP) is 3.80. The minimum Gasteiger partial charge on any atom is -0.324 e. The summed E-state index contributed by atoms with van der Waals surface area (Å²) in [5, 5.41) is 3.08. The molecule has 2 aliphatic carbocycles. The van der Waals surface area contributed by atoms with E-state index in [9.17, 15) is 14.4 Å². The lowest BCUT2D eigenvalue weighted by atomic mass is 9.81. The lowest BCUT2D eigenvalue weighted by molar-refractivity contribution is -0.146. The summed E-state index contributed by atoms with van der Waals surface area (Å²) in [6, 6.07) is 5.35. The van der Waals surface area contributed by atoms with Crippen molar-refractivity contribution in [1.29, 1.82) is 0 Å². The first-order valence-corrected chi connectivity index (χ1v) is 12.3. The largest absolute Gasteiger partial charge is 0.324 e. The molecule has 3 amide bonds. The summed E-state index contributed by atoms with van der Waals surface area (Å²) in [6.45, 7) is 0. The summed E-state index contributed by atoms with van der Waals surface area (Å²) in [4.78, 5) is 40.8. The van der Waals surface area contributed by atoms with E-state index in [1.54, 1.807) is 11.8 Å². The Hall–Kier alpha value is -1.82. The molecule has 29 heavy (non-hydrogen) atoms. The first kappa shape index (κ1) is 20.5. The predicted molar refractivity (Wildman–Crippen MR) is 116 cm³/mol. The number of nitrogens with one attached hydrogen (secondary N) is 1. The number of hydrogen-bond acceptors (Lipinski definition) is 4. The Bertz CT molecular complexity index is 785. The van der Waals surface area contributed by atoms with Gasteiger partial charge in [-0.1, -0.05) is 25.0 Å².